The van der Waals surface area contributed by atoms with E-state index in [4.69, 9.17) is 9.47 Å². The molecule has 2 aromatic carbocycles. The van der Waals surface area contributed by atoms with Crippen molar-refractivity contribution in [3.05, 3.63) is 42.5 Å². The molecule has 0 aliphatic carbocycles. The fraction of sp³-hybridized carbons (Fsp3) is 0.300. The van der Waals surface area contributed by atoms with E-state index >= 15 is 0 Å². The Labute approximate surface area is 179 Å². The van der Waals surface area contributed by atoms with Gasteiger partial charge in [0.05, 0.1) is 4.90 Å². The number of sulfonamides is 1. The number of anilines is 2. The molecule has 0 spiro atoms. The Balaban J connectivity index is 1.41. The SMILES string of the molecule is C[C@H](Nc1ccc(NS(=O)(=O)c2ccc3c(c2)OCCO3)cc1)C(=O)N1CCNC1=O. The van der Waals surface area contributed by atoms with Gasteiger partial charge in [0.2, 0.25) is 0 Å². The van der Waals surface area contributed by atoms with Crippen molar-refractivity contribution < 1.29 is 27.5 Å². The average molecular weight is 446 g/mol. The summed E-state index contributed by atoms with van der Waals surface area (Å²) in [4.78, 5) is 25.2. The summed E-state index contributed by atoms with van der Waals surface area (Å²) in [5.41, 5.74) is 0.973. The zero-order chi connectivity index (χ0) is 22.0. The largest absolute Gasteiger partial charge is 0.486 e. The van der Waals surface area contributed by atoms with Gasteiger partial charge in [-0.25, -0.2) is 13.2 Å². The molecule has 2 aromatic rings. The predicted molar refractivity (Wildman–Crippen MR) is 113 cm³/mol. The molecule has 10 nitrogen and oxygen atoms in total. The second-order valence-corrected chi connectivity index (χ2v) is 8.76. The van der Waals surface area contributed by atoms with Crippen LogP contribution in [0.4, 0.5) is 16.2 Å². The summed E-state index contributed by atoms with van der Waals surface area (Å²) in [5, 5.41) is 5.60. The van der Waals surface area contributed by atoms with Gasteiger partial charge in [0, 0.05) is 30.5 Å². The lowest BCUT2D eigenvalue weighted by Crippen LogP contribution is -2.43. The van der Waals surface area contributed by atoms with Crippen molar-refractivity contribution >= 4 is 33.3 Å². The highest BCUT2D eigenvalue weighted by Crippen LogP contribution is 2.32. The van der Waals surface area contributed by atoms with Crippen LogP contribution in [0.25, 0.3) is 0 Å². The van der Waals surface area contributed by atoms with Crippen LogP contribution in [-0.4, -0.2) is 57.6 Å². The van der Waals surface area contributed by atoms with Crippen molar-refractivity contribution in [2.45, 2.75) is 17.9 Å². The van der Waals surface area contributed by atoms with E-state index in [1.807, 2.05) is 0 Å². The molecule has 0 radical (unpaired) electrons. The lowest BCUT2D eigenvalue weighted by atomic mass is 10.2. The first-order valence-electron chi connectivity index (χ1n) is 9.72. The Morgan fingerprint density at radius 3 is 2.42 bits per heavy atom. The van der Waals surface area contributed by atoms with Crippen LogP contribution in [-0.2, 0) is 14.8 Å². The number of nitrogens with one attached hydrogen (secondary N) is 3. The van der Waals surface area contributed by atoms with Gasteiger partial charge in [0.15, 0.2) is 11.5 Å². The molecule has 164 valence electrons. The highest BCUT2D eigenvalue weighted by atomic mass is 32.2. The average Bonchev–Trinajstić information content (AvgIpc) is 3.19. The Bertz CT molecular complexity index is 1100. The number of imide groups is 1. The maximum absolute atomic E-state index is 12.7. The molecule has 0 aromatic heterocycles. The minimum Gasteiger partial charge on any atom is -0.486 e. The lowest BCUT2D eigenvalue weighted by molar-refractivity contribution is -0.128. The van der Waals surface area contributed by atoms with Gasteiger partial charge in [-0.05, 0) is 43.3 Å². The van der Waals surface area contributed by atoms with Crippen molar-refractivity contribution in [1.82, 2.24) is 10.2 Å². The molecule has 1 atom stereocenters. The molecule has 3 N–H and O–H groups in total. The van der Waals surface area contributed by atoms with Crippen molar-refractivity contribution in [3.63, 3.8) is 0 Å². The molecular formula is C20H22N4O6S. The second-order valence-electron chi connectivity index (χ2n) is 7.08. The first kappa shape index (κ1) is 20.8. The summed E-state index contributed by atoms with van der Waals surface area (Å²) in [6.07, 6.45) is 0. The maximum atomic E-state index is 12.7. The number of urea groups is 1. The van der Waals surface area contributed by atoms with E-state index in [9.17, 15) is 18.0 Å². The van der Waals surface area contributed by atoms with Crippen molar-refractivity contribution in [2.24, 2.45) is 0 Å². The topological polar surface area (TPSA) is 126 Å². The molecule has 1 fully saturated rings. The van der Waals surface area contributed by atoms with Gasteiger partial charge < -0.3 is 20.1 Å². The molecule has 0 saturated carbocycles. The van der Waals surface area contributed by atoms with E-state index in [1.165, 1.54) is 12.1 Å². The standard InChI is InChI=1S/C20H22N4O6S/c1-13(19(25)24-9-8-21-20(24)26)22-14-2-4-15(5-3-14)23-31(27,28)16-6-7-17-18(12-16)30-11-10-29-17/h2-7,12-13,22-23H,8-11H2,1H3,(H,21,26)/t13-/m0/s1. The van der Waals surface area contributed by atoms with Crippen molar-refractivity contribution in [2.75, 3.05) is 36.3 Å². The first-order chi connectivity index (χ1) is 14.8. The third kappa shape index (κ3) is 4.50. The molecular weight excluding hydrogens is 424 g/mol. The van der Waals surface area contributed by atoms with E-state index in [2.05, 4.69) is 15.4 Å². The van der Waals surface area contributed by atoms with Gasteiger partial charge in [-0.2, -0.15) is 0 Å². The highest BCUT2D eigenvalue weighted by molar-refractivity contribution is 7.92. The second kappa shape index (κ2) is 8.34. The van der Waals surface area contributed by atoms with Gasteiger partial charge in [0.1, 0.15) is 19.3 Å². The molecule has 31 heavy (non-hydrogen) atoms. The van der Waals surface area contributed by atoms with Gasteiger partial charge in [-0.1, -0.05) is 0 Å². The van der Waals surface area contributed by atoms with Crippen LogP contribution >= 0.6 is 0 Å². The third-order valence-electron chi connectivity index (χ3n) is 4.84. The molecule has 11 heteroatoms. The molecule has 2 aliphatic rings. The van der Waals surface area contributed by atoms with E-state index in [-0.39, 0.29) is 10.8 Å². The van der Waals surface area contributed by atoms with Gasteiger partial charge in [-0.3, -0.25) is 14.4 Å². The summed E-state index contributed by atoms with van der Waals surface area (Å²) >= 11 is 0. The van der Waals surface area contributed by atoms with Crippen LogP contribution in [0.3, 0.4) is 0 Å². The summed E-state index contributed by atoms with van der Waals surface area (Å²) in [7, 11) is -3.82. The Morgan fingerprint density at radius 2 is 1.74 bits per heavy atom. The summed E-state index contributed by atoms with van der Waals surface area (Å²) in [6.45, 7) is 3.22. The number of hydrogen-bond acceptors (Lipinski definition) is 7. The van der Waals surface area contributed by atoms with Gasteiger partial charge in [0.25, 0.3) is 15.9 Å². The predicted octanol–water partition coefficient (Wildman–Crippen LogP) is 1.61. The Kier molecular flexibility index (Phi) is 5.59. The third-order valence-corrected chi connectivity index (χ3v) is 6.22. The quantitative estimate of drug-likeness (QED) is 0.615. The number of carbonyl (C=O) groups excluding carboxylic acids is 2. The summed E-state index contributed by atoms with van der Waals surface area (Å²) < 4.78 is 38.8. The smallest absolute Gasteiger partial charge is 0.324 e. The maximum Gasteiger partial charge on any atom is 0.324 e. The molecule has 4 rings (SSSR count). The first-order valence-corrected chi connectivity index (χ1v) is 11.2. The lowest BCUT2D eigenvalue weighted by Gasteiger charge is -2.20. The summed E-state index contributed by atoms with van der Waals surface area (Å²) in [5.74, 6) is 0.563. The van der Waals surface area contributed by atoms with Crippen LogP contribution in [0.5, 0.6) is 11.5 Å². The number of nitrogens with zero attached hydrogens (tertiary/aromatic N) is 1. The molecule has 0 unspecified atom stereocenters. The molecule has 0 bridgehead atoms. The number of fused-ring (bicyclic) bond motifs is 1. The van der Waals surface area contributed by atoms with Crippen molar-refractivity contribution in [3.8, 4) is 11.5 Å². The highest BCUT2D eigenvalue weighted by Gasteiger charge is 2.29. The monoisotopic (exact) mass is 446 g/mol. The summed E-state index contributed by atoms with van der Waals surface area (Å²) in [6, 6.07) is 9.88. The van der Waals surface area contributed by atoms with Gasteiger partial charge >= 0.3 is 6.03 Å². The van der Waals surface area contributed by atoms with Gasteiger partial charge in [-0.15, -0.1) is 0 Å². The molecule has 3 amide bonds. The fourth-order valence-electron chi connectivity index (χ4n) is 3.27. The van der Waals surface area contributed by atoms with Crippen LogP contribution in [0, 0.1) is 0 Å². The number of hydrogen-bond donors (Lipinski definition) is 3. The van der Waals surface area contributed by atoms with E-state index in [1.54, 1.807) is 37.3 Å². The minimum atomic E-state index is -3.82. The van der Waals surface area contributed by atoms with E-state index < -0.39 is 22.1 Å². The van der Waals surface area contributed by atoms with E-state index in [0.29, 0.717) is 49.2 Å². The normalized spacial score (nSPS) is 16.4. The number of benzene rings is 2. The van der Waals surface area contributed by atoms with E-state index in [0.717, 1.165) is 4.90 Å². The number of amides is 3. The zero-order valence-electron chi connectivity index (χ0n) is 16.8. The Morgan fingerprint density at radius 1 is 1.06 bits per heavy atom. The Hall–Kier alpha value is -3.47. The van der Waals surface area contributed by atoms with Crippen molar-refractivity contribution in [1.29, 1.82) is 0 Å². The minimum absolute atomic E-state index is 0.0575. The zero-order valence-corrected chi connectivity index (χ0v) is 17.6. The fourth-order valence-corrected chi connectivity index (χ4v) is 4.34. The molecule has 1 saturated heterocycles. The van der Waals surface area contributed by atoms with Crippen LogP contribution < -0.4 is 24.8 Å². The molecule has 2 aliphatic heterocycles. The van der Waals surface area contributed by atoms with Crippen LogP contribution in [0.2, 0.25) is 0 Å². The number of rotatable bonds is 6. The molecule has 2 heterocycles. The van der Waals surface area contributed by atoms with Crippen LogP contribution in [0.15, 0.2) is 47.4 Å². The number of ether oxygens (including phenoxy) is 2. The number of carbonyl (C=O) groups is 2. The van der Waals surface area contributed by atoms with Crippen LogP contribution in [0.1, 0.15) is 6.92 Å².